The monoisotopic (exact) mass is 718 g/mol. The molecule has 2 N–H and O–H groups in total. The third-order valence-electron chi connectivity index (χ3n) is 10.9. The molecule has 7 rings (SSSR count). The van der Waals surface area contributed by atoms with E-state index in [1.165, 1.54) is 78.0 Å². The van der Waals surface area contributed by atoms with E-state index in [4.69, 9.17) is 5.73 Å². The maximum atomic E-state index is 7.09. The van der Waals surface area contributed by atoms with E-state index in [2.05, 4.69) is 178 Å². The summed E-state index contributed by atoms with van der Waals surface area (Å²) in [5.41, 5.74) is 15.3. The smallest absolute Gasteiger partial charge is 0.0254 e. The highest BCUT2D eigenvalue weighted by Gasteiger charge is 2.31. The lowest BCUT2D eigenvalue weighted by atomic mass is 9.89. The normalized spacial score (nSPS) is 16.2. The second kappa shape index (κ2) is 16.8. The van der Waals surface area contributed by atoms with Crippen LogP contribution in [0.15, 0.2) is 146 Å². The van der Waals surface area contributed by atoms with Crippen LogP contribution in [0, 0.1) is 27.7 Å². The van der Waals surface area contributed by atoms with E-state index in [1.807, 2.05) is 0 Å². The van der Waals surface area contributed by atoms with Gasteiger partial charge in [-0.1, -0.05) is 158 Å². The zero-order valence-corrected chi connectivity index (χ0v) is 33.0. The molecule has 0 saturated heterocycles. The highest BCUT2D eigenvalue weighted by molar-refractivity contribution is 7.80. The SMILES string of the molecule is Cc1ccccc1P(c1ccccc1C)c1ccccc1CN(Cc1ccccc1P(c1ccccc1C)c1ccccc1C)[C@@H]1CCCC[C@H]1N. The lowest BCUT2D eigenvalue weighted by Gasteiger charge is -2.40. The molecule has 0 heterocycles. The predicted octanol–water partition coefficient (Wildman–Crippen LogP) is 8.71. The van der Waals surface area contributed by atoms with E-state index in [9.17, 15) is 0 Å². The van der Waals surface area contributed by atoms with Gasteiger partial charge in [-0.05, 0) is 122 Å². The number of rotatable bonds is 11. The molecule has 4 heteroatoms. The van der Waals surface area contributed by atoms with E-state index in [0.29, 0.717) is 6.04 Å². The molecule has 1 aliphatic carbocycles. The van der Waals surface area contributed by atoms with Crippen molar-refractivity contribution in [3.05, 3.63) is 179 Å². The zero-order chi connectivity index (χ0) is 36.0. The van der Waals surface area contributed by atoms with Gasteiger partial charge in [0.1, 0.15) is 0 Å². The van der Waals surface area contributed by atoms with E-state index in [1.54, 1.807) is 0 Å². The molecule has 0 spiro atoms. The molecule has 2 atom stereocenters. The summed E-state index contributed by atoms with van der Waals surface area (Å²) in [6.45, 7) is 10.8. The molecule has 6 aromatic carbocycles. The Morgan fingerprint density at radius 1 is 0.442 bits per heavy atom. The van der Waals surface area contributed by atoms with Gasteiger partial charge in [-0.2, -0.15) is 0 Å². The quantitative estimate of drug-likeness (QED) is 0.136. The Kier molecular flexibility index (Phi) is 11.8. The summed E-state index contributed by atoms with van der Waals surface area (Å²) in [6.07, 6.45) is 4.68. The fourth-order valence-electron chi connectivity index (χ4n) is 8.08. The van der Waals surface area contributed by atoms with Gasteiger partial charge < -0.3 is 5.73 Å². The topological polar surface area (TPSA) is 29.3 Å². The Labute approximate surface area is 314 Å². The molecule has 2 nitrogen and oxygen atoms in total. The van der Waals surface area contributed by atoms with Crippen molar-refractivity contribution in [2.24, 2.45) is 5.73 Å². The second-order valence-electron chi connectivity index (χ2n) is 14.5. The van der Waals surface area contributed by atoms with Gasteiger partial charge in [0.05, 0.1) is 0 Å². The van der Waals surface area contributed by atoms with Crippen molar-refractivity contribution in [1.82, 2.24) is 4.90 Å². The van der Waals surface area contributed by atoms with Crippen LogP contribution < -0.4 is 37.6 Å². The van der Waals surface area contributed by atoms with Crippen molar-refractivity contribution in [3.63, 3.8) is 0 Å². The lowest BCUT2D eigenvalue weighted by molar-refractivity contribution is 0.122. The van der Waals surface area contributed by atoms with Crippen LogP contribution in [0.2, 0.25) is 0 Å². The molecule has 1 saturated carbocycles. The summed E-state index contributed by atoms with van der Waals surface area (Å²) in [4.78, 5) is 2.76. The Morgan fingerprint density at radius 2 is 0.750 bits per heavy atom. The average Bonchev–Trinajstić information content (AvgIpc) is 3.16. The van der Waals surface area contributed by atoms with Crippen molar-refractivity contribution >= 4 is 47.7 Å². The van der Waals surface area contributed by atoms with Gasteiger partial charge in [0, 0.05) is 25.2 Å². The highest BCUT2D eigenvalue weighted by Crippen LogP contribution is 2.39. The van der Waals surface area contributed by atoms with Crippen LogP contribution in [0.5, 0.6) is 0 Å². The molecule has 1 aliphatic rings. The fraction of sp³-hybridized carbons (Fsp3) is 0.250. The minimum Gasteiger partial charge on any atom is -0.326 e. The summed E-state index contributed by atoms with van der Waals surface area (Å²) in [5, 5.41) is 8.65. The number of aryl methyl sites for hydroxylation is 4. The van der Waals surface area contributed by atoms with Gasteiger partial charge in [-0.15, -0.1) is 0 Å². The number of hydrogen-bond acceptors (Lipinski definition) is 2. The van der Waals surface area contributed by atoms with Crippen LogP contribution in [0.25, 0.3) is 0 Å². The minimum atomic E-state index is -0.766. The molecular formula is C48H52N2P2. The van der Waals surface area contributed by atoms with E-state index in [0.717, 1.165) is 25.9 Å². The summed E-state index contributed by atoms with van der Waals surface area (Å²) in [6, 6.07) is 55.1. The van der Waals surface area contributed by atoms with Crippen molar-refractivity contribution in [2.45, 2.75) is 78.6 Å². The van der Waals surface area contributed by atoms with Gasteiger partial charge in [0.25, 0.3) is 0 Å². The van der Waals surface area contributed by atoms with Gasteiger partial charge in [0.2, 0.25) is 0 Å². The molecule has 0 radical (unpaired) electrons. The molecular weight excluding hydrogens is 666 g/mol. The maximum Gasteiger partial charge on any atom is 0.0254 e. The molecule has 0 unspecified atom stereocenters. The van der Waals surface area contributed by atoms with Gasteiger partial charge in [-0.25, -0.2) is 0 Å². The highest BCUT2D eigenvalue weighted by atomic mass is 31.1. The van der Waals surface area contributed by atoms with Crippen LogP contribution in [0.1, 0.15) is 59.1 Å². The largest absolute Gasteiger partial charge is 0.326 e. The predicted molar refractivity (Wildman–Crippen MR) is 229 cm³/mol. The number of hydrogen-bond donors (Lipinski definition) is 1. The first kappa shape index (κ1) is 36.5. The number of nitrogens with zero attached hydrogens (tertiary/aromatic N) is 1. The third-order valence-corrected chi connectivity index (χ3v) is 16.7. The standard InChI is InChI=1S/C48H52N2P2/c1-35-19-5-13-27-43(35)51(44-28-14-6-20-36(44)2)47-31-17-9-23-39(47)33-50(42-26-12-11-25-41(42)49)34-40-24-10-18-32-48(40)52(45-29-15-7-21-37(45)3)46-30-16-8-22-38(46)4/h5-10,13-24,27-32,41-42H,11-12,25-26,33-34,49H2,1-4H3/t41-,42-/m1/s1. The number of nitrogens with two attached hydrogens (primary N) is 1. The Bertz CT molecular complexity index is 1890. The van der Waals surface area contributed by atoms with Crippen molar-refractivity contribution in [1.29, 1.82) is 0 Å². The van der Waals surface area contributed by atoms with E-state index >= 15 is 0 Å². The van der Waals surface area contributed by atoms with Gasteiger partial charge >= 0.3 is 0 Å². The first-order valence-electron chi connectivity index (χ1n) is 18.9. The molecule has 6 aromatic rings. The van der Waals surface area contributed by atoms with Crippen LogP contribution in [-0.2, 0) is 13.1 Å². The lowest BCUT2D eigenvalue weighted by Crippen LogP contribution is -2.49. The minimum absolute atomic E-state index is 0.163. The van der Waals surface area contributed by atoms with Gasteiger partial charge in [0.15, 0.2) is 0 Å². The molecule has 52 heavy (non-hydrogen) atoms. The van der Waals surface area contributed by atoms with Crippen LogP contribution >= 0.6 is 15.8 Å². The van der Waals surface area contributed by atoms with E-state index in [-0.39, 0.29) is 6.04 Å². The summed E-state index contributed by atoms with van der Waals surface area (Å²) in [5.74, 6) is 0. The zero-order valence-electron chi connectivity index (χ0n) is 31.2. The second-order valence-corrected chi connectivity index (χ2v) is 18.7. The first-order valence-corrected chi connectivity index (χ1v) is 21.6. The van der Waals surface area contributed by atoms with Crippen molar-refractivity contribution < 1.29 is 0 Å². The molecule has 0 aliphatic heterocycles. The molecule has 0 amide bonds. The molecule has 264 valence electrons. The van der Waals surface area contributed by atoms with Crippen LogP contribution in [0.3, 0.4) is 0 Å². The maximum absolute atomic E-state index is 7.09. The van der Waals surface area contributed by atoms with Crippen LogP contribution in [-0.4, -0.2) is 17.0 Å². The summed E-state index contributed by atoms with van der Waals surface area (Å²) in [7, 11) is -1.53. The average molecular weight is 719 g/mol. The summed E-state index contributed by atoms with van der Waals surface area (Å²) >= 11 is 0. The van der Waals surface area contributed by atoms with Crippen LogP contribution in [0.4, 0.5) is 0 Å². The summed E-state index contributed by atoms with van der Waals surface area (Å²) < 4.78 is 0. The fourth-order valence-corrected chi connectivity index (χ4v) is 13.6. The molecule has 1 fully saturated rings. The third kappa shape index (κ3) is 7.88. The van der Waals surface area contributed by atoms with E-state index < -0.39 is 15.8 Å². The molecule has 0 aromatic heterocycles. The Balaban J connectivity index is 1.34. The van der Waals surface area contributed by atoms with Crippen molar-refractivity contribution in [3.8, 4) is 0 Å². The Hall–Kier alpha value is -3.90. The van der Waals surface area contributed by atoms with Crippen molar-refractivity contribution in [2.75, 3.05) is 0 Å². The van der Waals surface area contributed by atoms with Gasteiger partial charge in [-0.3, -0.25) is 4.90 Å². The number of benzene rings is 6. The Morgan fingerprint density at radius 3 is 1.10 bits per heavy atom. The first-order chi connectivity index (χ1) is 25.4. The molecule has 0 bridgehead atoms.